The number of nitrogens with one attached hydrogen (secondary N) is 1. The van der Waals surface area contributed by atoms with Crippen LogP contribution in [0.1, 0.15) is 22.3 Å². The predicted molar refractivity (Wildman–Crippen MR) is 125 cm³/mol. The molecule has 0 saturated heterocycles. The lowest BCUT2D eigenvalue weighted by Gasteiger charge is -2.11. The van der Waals surface area contributed by atoms with Gasteiger partial charge < -0.3 is 10.1 Å². The topological polar surface area (TPSA) is 47.0 Å². The average Bonchev–Trinajstić information content (AvgIpc) is 2.83. The first-order chi connectivity index (χ1) is 15.2. The molecule has 152 valence electrons. The minimum atomic E-state index is 0.699. The molecule has 0 atom stereocenters. The Morgan fingerprint density at radius 3 is 2.35 bits per heavy atom. The third-order valence-electron chi connectivity index (χ3n) is 4.91. The highest BCUT2D eigenvalue weighted by Gasteiger charge is 2.05. The molecule has 0 saturated carbocycles. The normalized spacial score (nSPS) is 10.1. The molecule has 0 aliphatic carbocycles. The maximum absolute atomic E-state index is 5.22. The van der Waals surface area contributed by atoms with Gasteiger partial charge in [0.1, 0.15) is 11.6 Å². The summed E-state index contributed by atoms with van der Waals surface area (Å²) in [5.41, 5.74) is 6.12. The number of nitrogens with zero attached hydrogens (tertiary/aromatic N) is 2. The SMILES string of the molecule is COc1ccc(CNc2nc(-c3ccc(C#Cc4cccnc4)cc3)ccc2C)cc1. The first kappa shape index (κ1) is 20.2. The van der Waals surface area contributed by atoms with Crippen molar-refractivity contribution >= 4 is 5.82 Å². The summed E-state index contributed by atoms with van der Waals surface area (Å²) in [6, 6.07) is 24.2. The molecule has 4 aromatic rings. The number of hydrogen-bond donors (Lipinski definition) is 1. The van der Waals surface area contributed by atoms with Crippen molar-refractivity contribution in [3.8, 4) is 28.8 Å². The Kier molecular flexibility index (Phi) is 6.25. The smallest absolute Gasteiger partial charge is 0.129 e. The molecule has 0 spiro atoms. The predicted octanol–water partition coefficient (Wildman–Crippen LogP) is 5.47. The van der Waals surface area contributed by atoms with Crippen molar-refractivity contribution in [2.45, 2.75) is 13.5 Å². The first-order valence-corrected chi connectivity index (χ1v) is 10.1. The minimum absolute atomic E-state index is 0.699. The van der Waals surface area contributed by atoms with Crippen molar-refractivity contribution in [1.82, 2.24) is 9.97 Å². The summed E-state index contributed by atoms with van der Waals surface area (Å²) >= 11 is 0. The molecule has 4 heteroatoms. The van der Waals surface area contributed by atoms with Crippen molar-refractivity contribution in [3.63, 3.8) is 0 Å². The highest BCUT2D eigenvalue weighted by Crippen LogP contribution is 2.22. The van der Waals surface area contributed by atoms with E-state index in [0.717, 1.165) is 39.5 Å². The van der Waals surface area contributed by atoms with Gasteiger partial charge in [-0.3, -0.25) is 4.98 Å². The quantitative estimate of drug-likeness (QED) is 0.447. The number of methoxy groups -OCH3 is 1. The number of ether oxygens (including phenoxy) is 1. The molecule has 0 bridgehead atoms. The molecular formula is C27H23N3O. The van der Waals surface area contributed by atoms with Gasteiger partial charge in [0.2, 0.25) is 0 Å². The molecule has 0 aliphatic heterocycles. The van der Waals surface area contributed by atoms with E-state index >= 15 is 0 Å². The Morgan fingerprint density at radius 2 is 1.65 bits per heavy atom. The molecule has 2 aromatic heterocycles. The molecule has 4 nitrogen and oxygen atoms in total. The zero-order chi connectivity index (χ0) is 21.5. The van der Waals surface area contributed by atoms with Gasteiger partial charge in [0.15, 0.2) is 0 Å². The molecule has 0 fully saturated rings. The lowest BCUT2D eigenvalue weighted by Crippen LogP contribution is -2.04. The Labute approximate surface area is 183 Å². The van der Waals surface area contributed by atoms with Crippen LogP contribution in [0, 0.1) is 18.8 Å². The van der Waals surface area contributed by atoms with Gasteiger partial charge in [0.25, 0.3) is 0 Å². The summed E-state index contributed by atoms with van der Waals surface area (Å²) in [5.74, 6) is 8.04. The van der Waals surface area contributed by atoms with Gasteiger partial charge in [0.05, 0.1) is 12.8 Å². The van der Waals surface area contributed by atoms with Gasteiger partial charge in [-0.25, -0.2) is 4.98 Å². The van der Waals surface area contributed by atoms with E-state index in [1.54, 1.807) is 19.5 Å². The summed E-state index contributed by atoms with van der Waals surface area (Å²) in [5, 5.41) is 3.45. The number of rotatable bonds is 5. The average molecular weight is 406 g/mol. The Bertz CT molecular complexity index is 1210. The van der Waals surface area contributed by atoms with Gasteiger partial charge in [-0.2, -0.15) is 0 Å². The Morgan fingerprint density at radius 1 is 0.871 bits per heavy atom. The van der Waals surface area contributed by atoms with Gasteiger partial charge in [-0.05, 0) is 60.5 Å². The number of aromatic nitrogens is 2. The van der Waals surface area contributed by atoms with Crippen LogP contribution in [-0.4, -0.2) is 17.1 Å². The lowest BCUT2D eigenvalue weighted by molar-refractivity contribution is 0.414. The zero-order valence-electron chi connectivity index (χ0n) is 17.6. The summed E-state index contributed by atoms with van der Waals surface area (Å²) in [6.45, 7) is 2.76. The van der Waals surface area contributed by atoms with E-state index in [1.807, 2.05) is 42.5 Å². The molecule has 4 rings (SSSR count). The second kappa shape index (κ2) is 9.60. The van der Waals surface area contributed by atoms with E-state index in [0.29, 0.717) is 6.54 Å². The van der Waals surface area contributed by atoms with Crippen LogP contribution in [0.3, 0.4) is 0 Å². The molecule has 1 N–H and O–H groups in total. The van der Waals surface area contributed by atoms with Crippen LogP contribution in [0.5, 0.6) is 5.75 Å². The second-order valence-electron chi connectivity index (χ2n) is 7.13. The summed E-state index contributed by atoms with van der Waals surface area (Å²) in [4.78, 5) is 8.92. The number of aryl methyl sites for hydroxylation is 1. The fraction of sp³-hybridized carbons (Fsp3) is 0.111. The summed E-state index contributed by atoms with van der Waals surface area (Å²) in [6.07, 6.45) is 3.51. The maximum Gasteiger partial charge on any atom is 0.129 e. The van der Waals surface area contributed by atoms with E-state index in [1.165, 1.54) is 5.56 Å². The molecule has 0 aliphatic rings. The number of anilines is 1. The molecule has 2 heterocycles. The fourth-order valence-electron chi connectivity index (χ4n) is 3.10. The maximum atomic E-state index is 5.22. The molecule has 2 aromatic carbocycles. The van der Waals surface area contributed by atoms with E-state index in [9.17, 15) is 0 Å². The molecule has 0 unspecified atom stereocenters. The Hall–Kier alpha value is -4.10. The standard InChI is InChI=1S/C27H23N3O/c1-20-5-16-26(30-27(20)29-19-23-10-14-25(31-2)15-11-23)24-12-8-21(9-13-24)6-7-22-4-3-17-28-18-22/h3-5,8-18H,19H2,1-2H3,(H,29,30). The van der Waals surface area contributed by atoms with Crippen LogP contribution < -0.4 is 10.1 Å². The van der Waals surface area contributed by atoms with Crippen LogP contribution in [0.15, 0.2) is 85.2 Å². The molecule has 31 heavy (non-hydrogen) atoms. The lowest BCUT2D eigenvalue weighted by atomic mass is 10.1. The zero-order valence-corrected chi connectivity index (χ0v) is 17.6. The second-order valence-corrected chi connectivity index (χ2v) is 7.13. The van der Waals surface area contributed by atoms with Crippen molar-refractivity contribution in [2.24, 2.45) is 0 Å². The summed E-state index contributed by atoms with van der Waals surface area (Å²) in [7, 11) is 1.67. The van der Waals surface area contributed by atoms with Crippen molar-refractivity contribution in [2.75, 3.05) is 12.4 Å². The number of pyridine rings is 2. The van der Waals surface area contributed by atoms with Gasteiger partial charge in [0, 0.05) is 35.6 Å². The highest BCUT2D eigenvalue weighted by atomic mass is 16.5. The van der Waals surface area contributed by atoms with Crippen LogP contribution in [0.4, 0.5) is 5.82 Å². The van der Waals surface area contributed by atoms with Gasteiger partial charge in [-0.15, -0.1) is 0 Å². The van der Waals surface area contributed by atoms with Gasteiger partial charge >= 0.3 is 0 Å². The van der Waals surface area contributed by atoms with Crippen LogP contribution in [0.2, 0.25) is 0 Å². The Balaban J connectivity index is 1.47. The first-order valence-electron chi connectivity index (χ1n) is 10.1. The minimum Gasteiger partial charge on any atom is -0.497 e. The number of benzene rings is 2. The van der Waals surface area contributed by atoms with E-state index < -0.39 is 0 Å². The number of hydrogen-bond acceptors (Lipinski definition) is 4. The molecular weight excluding hydrogens is 382 g/mol. The monoisotopic (exact) mass is 405 g/mol. The largest absolute Gasteiger partial charge is 0.497 e. The highest BCUT2D eigenvalue weighted by molar-refractivity contribution is 5.64. The van der Waals surface area contributed by atoms with Crippen molar-refractivity contribution in [3.05, 3.63) is 107 Å². The third-order valence-corrected chi connectivity index (χ3v) is 4.91. The van der Waals surface area contributed by atoms with E-state index in [4.69, 9.17) is 9.72 Å². The van der Waals surface area contributed by atoms with Crippen molar-refractivity contribution < 1.29 is 4.74 Å². The van der Waals surface area contributed by atoms with Crippen LogP contribution in [-0.2, 0) is 6.54 Å². The van der Waals surface area contributed by atoms with E-state index in [-0.39, 0.29) is 0 Å². The van der Waals surface area contributed by atoms with Crippen molar-refractivity contribution in [1.29, 1.82) is 0 Å². The van der Waals surface area contributed by atoms with E-state index in [2.05, 4.69) is 59.4 Å². The molecule has 0 amide bonds. The molecule has 0 radical (unpaired) electrons. The summed E-state index contributed by atoms with van der Waals surface area (Å²) < 4.78 is 5.22. The fourth-order valence-corrected chi connectivity index (χ4v) is 3.10. The third kappa shape index (κ3) is 5.29. The van der Waals surface area contributed by atoms with Crippen LogP contribution in [0.25, 0.3) is 11.3 Å². The van der Waals surface area contributed by atoms with Crippen LogP contribution >= 0.6 is 0 Å². The van der Waals surface area contributed by atoms with Gasteiger partial charge in [-0.1, -0.05) is 42.2 Å².